The first-order valence-corrected chi connectivity index (χ1v) is 9.73. The number of imidazole rings is 1. The monoisotopic (exact) mass is 356 g/mol. The van der Waals surface area contributed by atoms with Crippen LogP contribution in [0.3, 0.4) is 0 Å². The fraction of sp³-hybridized carbons (Fsp3) is 0.600. The molecule has 3 heterocycles. The second-order valence-corrected chi connectivity index (χ2v) is 7.91. The number of hydrogen-bond donors (Lipinski definition) is 2. The van der Waals surface area contributed by atoms with Crippen LogP contribution >= 0.6 is 0 Å². The van der Waals surface area contributed by atoms with Crippen molar-refractivity contribution in [3.05, 3.63) is 29.6 Å². The lowest BCUT2D eigenvalue weighted by Gasteiger charge is -2.31. The molecule has 0 radical (unpaired) electrons. The molecule has 0 aliphatic carbocycles. The molecule has 6 heteroatoms. The van der Waals surface area contributed by atoms with E-state index in [0.29, 0.717) is 25.1 Å². The lowest BCUT2D eigenvalue weighted by Crippen LogP contribution is -2.43. The first-order chi connectivity index (χ1) is 12.5. The predicted molar refractivity (Wildman–Crippen MR) is 101 cm³/mol. The van der Waals surface area contributed by atoms with Gasteiger partial charge in [0.05, 0.1) is 16.6 Å². The number of aliphatic hydroxyl groups is 1. The van der Waals surface area contributed by atoms with E-state index < -0.39 is 5.60 Å². The third-order valence-electron chi connectivity index (χ3n) is 5.77. The van der Waals surface area contributed by atoms with Crippen LogP contribution in [0.4, 0.5) is 0 Å². The highest BCUT2D eigenvalue weighted by Crippen LogP contribution is 2.26. The van der Waals surface area contributed by atoms with Crippen LogP contribution in [-0.2, 0) is 0 Å². The Bertz CT molecular complexity index is 796. The number of H-pyrrole nitrogens is 1. The van der Waals surface area contributed by atoms with Gasteiger partial charge in [0.15, 0.2) is 0 Å². The molecule has 2 aliphatic heterocycles. The number of β-amino-alcohol motifs (C(OH)–C–C–N with tert-alkyl or cyclic N) is 1. The standard InChI is InChI=1S/C20H28N4O2/c1-15-21-17-6-5-16(13-18(17)22-15)19(25)24-11-4-7-20(26,8-12-24)14-23-9-2-3-10-23/h5-6,13,26H,2-4,7-12,14H2,1H3,(H,21,22)/t20-/m0/s1. The molecular formula is C20H28N4O2. The molecule has 140 valence electrons. The minimum atomic E-state index is -0.663. The van der Waals surface area contributed by atoms with Crippen LogP contribution in [-0.4, -0.2) is 69.1 Å². The molecule has 2 aliphatic rings. The Kier molecular flexibility index (Phi) is 4.71. The molecule has 26 heavy (non-hydrogen) atoms. The number of aromatic amines is 1. The Labute approximate surface area is 154 Å². The van der Waals surface area contributed by atoms with Crippen molar-refractivity contribution < 1.29 is 9.90 Å². The van der Waals surface area contributed by atoms with E-state index >= 15 is 0 Å². The Balaban J connectivity index is 1.44. The van der Waals surface area contributed by atoms with Crippen LogP contribution in [0.5, 0.6) is 0 Å². The van der Waals surface area contributed by atoms with Gasteiger partial charge >= 0.3 is 0 Å². The van der Waals surface area contributed by atoms with Crippen molar-refractivity contribution in [3.8, 4) is 0 Å². The normalized spacial score (nSPS) is 24.9. The van der Waals surface area contributed by atoms with Crippen molar-refractivity contribution in [1.82, 2.24) is 19.8 Å². The van der Waals surface area contributed by atoms with Crippen LogP contribution in [0.25, 0.3) is 11.0 Å². The molecule has 1 atom stereocenters. The van der Waals surface area contributed by atoms with Crippen molar-refractivity contribution in [2.75, 3.05) is 32.7 Å². The maximum atomic E-state index is 13.0. The van der Waals surface area contributed by atoms with Gasteiger partial charge in [-0.25, -0.2) is 4.98 Å². The minimum absolute atomic E-state index is 0.0459. The number of amides is 1. The second kappa shape index (κ2) is 7.00. The van der Waals surface area contributed by atoms with Gasteiger partial charge in [-0.15, -0.1) is 0 Å². The van der Waals surface area contributed by atoms with E-state index in [-0.39, 0.29) is 5.91 Å². The summed E-state index contributed by atoms with van der Waals surface area (Å²) in [5, 5.41) is 11.0. The summed E-state index contributed by atoms with van der Waals surface area (Å²) in [6.45, 7) is 6.17. The predicted octanol–water partition coefficient (Wildman–Crippen LogP) is 2.32. The number of fused-ring (bicyclic) bond motifs is 1. The van der Waals surface area contributed by atoms with E-state index in [1.54, 1.807) is 0 Å². The molecule has 6 nitrogen and oxygen atoms in total. The molecule has 0 spiro atoms. The summed E-state index contributed by atoms with van der Waals surface area (Å²) in [4.78, 5) is 24.8. The summed E-state index contributed by atoms with van der Waals surface area (Å²) in [5.74, 6) is 0.899. The fourth-order valence-electron chi connectivity index (χ4n) is 4.35. The van der Waals surface area contributed by atoms with Gasteiger partial charge in [0.25, 0.3) is 5.91 Å². The number of nitrogens with zero attached hydrogens (tertiary/aromatic N) is 3. The zero-order chi connectivity index (χ0) is 18.1. The number of hydrogen-bond acceptors (Lipinski definition) is 4. The van der Waals surface area contributed by atoms with E-state index in [4.69, 9.17) is 0 Å². The number of nitrogens with one attached hydrogen (secondary N) is 1. The van der Waals surface area contributed by atoms with Gasteiger partial charge in [0.2, 0.25) is 0 Å². The summed E-state index contributed by atoms with van der Waals surface area (Å²) in [7, 11) is 0. The van der Waals surface area contributed by atoms with Crippen LogP contribution in [0.1, 0.15) is 48.3 Å². The zero-order valence-electron chi connectivity index (χ0n) is 15.5. The Morgan fingerprint density at radius 3 is 2.81 bits per heavy atom. The molecule has 2 saturated heterocycles. The number of carbonyl (C=O) groups excluding carboxylic acids is 1. The summed E-state index contributed by atoms with van der Waals surface area (Å²) in [6, 6.07) is 5.64. The minimum Gasteiger partial charge on any atom is -0.388 e. The molecule has 2 fully saturated rings. The van der Waals surface area contributed by atoms with Gasteiger partial charge in [-0.2, -0.15) is 0 Å². The van der Waals surface area contributed by atoms with E-state index in [9.17, 15) is 9.90 Å². The quantitative estimate of drug-likeness (QED) is 0.885. The lowest BCUT2D eigenvalue weighted by atomic mass is 9.94. The van der Waals surface area contributed by atoms with E-state index in [1.165, 1.54) is 12.8 Å². The topological polar surface area (TPSA) is 72.5 Å². The second-order valence-electron chi connectivity index (χ2n) is 7.91. The molecular weight excluding hydrogens is 328 g/mol. The molecule has 2 aromatic rings. The average molecular weight is 356 g/mol. The number of carbonyl (C=O) groups is 1. The number of aryl methyl sites for hydroxylation is 1. The van der Waals surface area contributed by atoms with Gasteiger partial charge in [-0.3, -0.25) is 4.79 Å². The molecule has 1 aromatic heterocycles. The molecule has 2 N–H and O–H groups in total. The number of aromatic nitrogens is 2. The van der Waals surface area contributed by atoms with E-state index in [2.05, 4.69) is 14.9 Å². The van der Waals surface area contributed by atoms with Gasteiger partial charge in [-0.1, -0.05) is 0 Å². The Morgan fingerprint density at radius 2 is 2.00 bits per heavy atom. The SMILES string of the molecule is Cc1nc2ccc(C(=O)N3CCC[C@@](O)(CN4CCCC4)CC3)cc2[nH]1. The Morgan fingerprint density at radius 1 is 1.19 bits per heavy atom. The number of benzene rings is 1. The van der Waals surface area contributed by atoms with Crippen molar-refractivity contribution in [2.45, 2.75) is 44.6 Å². The first kappa shape index (κ1) is 17.5. The molecule has 0 unspecified atom stereocenters. The summed E-state index contributed by atoms with van der Waals surface area (Å²) < 4.78 is 0. The highest BCUT2D eigenvalue weighted by Gasteiger charge is 2.34. The van der Waals surface area contributed by atoms with Crippen molar-refractivity contribution >= 4 is 16.9 Å². The summed E-state index contributed by atoms with van der Waals surface area (Å²) >= 11 is 0. The Hall–Kier alpha value is -1.92. The first-order valence-electron chi connectivity index (χ1n) is 9.73. The third-order valence-corrected chi connectivity index (χ3v) is 5.77. The van der Waals surface area contributed by atoms with Gasteiger partial charge in [-0.05, 0) is 70.3 Å². The van der Waals surface area contributed by atoms with Crippen molar-refractivity contribution in [3.63, 3.8) is 0 Å². The lowest BCUT2D eigenvalue weighted by molar-refractivity contribution is -0.00290. The van der Waals surface area contributed by atoms with Crippen molar-refractivity contribution in [2.24, 2.45) is 0 Å². The van der Waals surface area contributed by atoms with Crippen LogP contribution in [0, 0.1) is 6.92 Å². The van der Waals surface area contributed by atoms with Crippen LogP contribution < -0.4 is 0 Å². The fourth-order valence-corrected chi connectivity index (χ4v) is 4.35. The molecule has 0 bridgehead atoms. The maximum Gasteiger partial charge on any atom is 0.253 e. The molecule has 0 saturated carbocycles. The van der Waals surface area contributed by atoms with Gasteiger partial charge in [0.1, 0.15) is 5.82 Å². The number of likely N-dealkylation sites (tertiary alicyclic amines) is 2. The average Bonchev–Trinajstić information content (AvgIpc) is 3.19. The van der Waals surface area contributed by atoms with Gasteiger partial charge < -0.3 is 19.9 Å². The molecule has 1 aromatic carbocycles. The van der Waals surface area contributed by atoms with Crippen LogP contribution in [0.2, 0.25) is 0 Å². The smallest absolute Gasteiger partial charge is 0.253 e. The van der Waals surface area contributed by atoms with Crippen molar-refractivity contribution in [1.29, 1.82) is 0 Å². The molecule has 4 rings (SSSR count). The third kappa shape index (κ3) is 3.62. The number of rotatable bonds is 3. The highest BCUT2D eigenvalue weighted by molar-refractivity contribution is 5.97. The van der Waals surface area contributed by atoms with E-state index in [1.807, 2.05) is 30.0 Å². The molecule has 1 amide bonds. The summed E-state index contributed by atoms with van der Waals surface area (Å²) in [6.07, 6.45) is 4.74. The van der Waals surface area contributed by atoms with Crippen LogP contribution in [0.15, 0.2) is 18.2 Å². The maximum absolute atomic E-state index is 13.0. The van der Waals surface area contributed by atoms with Gasteiger partial charge in [0, 0.05) is 25.2 Å². The zero-order valence-corrected chi connectivity index (χ0v) is 15.5. The highest BCUT2D eigenvalue weighted by atomic mass is 16.3. The van der Waals surface area contributed by atoms with E-state index in [0.717, 1.165) is 49.3 Å². The summed E-state index contributed by atoms with van der Waals surface area (Å²) in [5.41, 5.74) is 1.80. The largest absolute Gasteiger partial charge is 0.388 e.